The van der Waals surface area contributed by atoms with Crippen molar-refractivity contribution in [3.05, 3.63) is 59.0 Å². The number of hydrogen-bond acceptors (Lipinski definition) is 3. The van der Waals surface area contributed by atoms with Crippen LogP contribution in [0.5, 0.6) is 0 Å². The van der Waals surface area contributed by atoms with Crippen LogP contribution in [-0.4, -0.2) is 30.4 Å². The fourth-order valence-electron chi connectivity index (χ4n) is 3.87. The Bertz CT molecular complexity index is 706. The van der Waals surface area contributed by atoms with E-state index in [4.69, 9.17) is 16.0 Å². The maximum absolute atomic E-state index is 12.7. The van der Waals surface area contributed by atoms with Crippen LogP contribution in [0.3, 0.4) is 0 Å². The monoisotopic (exact) mass is 388 g/mol. The molecule has 1 N–H and O–H groups in total. The fraction of sp³-hybridized carbons (Fsp3) is 0.500. The molecule has 3 rings (SSSR count). The van der Waals surface area contributed by atoms with Gasteiger partial charge in [0.05, 0.1) is 12.3 Å². The van der Waals surface area contributed by atoms with Crippen molar-refractivity contribution in [2.24, 2.45) is 5.92 Å². The van der Waals surface area contributed by atoms with Crippen molar-refractivity contribution in [3.63, 3.8) is 0 Å². The highest BCUT2D eigenvalue weighted by atomic mass is 35.5. The minimum absolute atomic E-state index is 0.0828. The molecule has 1 aliphatic rings. The van der Waals surface area contributed by atoms with E-state index in [1.165, 1.54) is 12.8 Å². The summed E-state index contributed by atoms with van der Waals surface area (Å²) in [6.45, 7) is 7.00. The zero-order valence-electron chi connectivity index (χ0n) is 16.2. The molecule has 0 bridgehead atoms. The van der Waals surface area contributed by atoms with E-state index in [9.17, 15) is 4.79 Å². The average molecular weight is 389 g/mol. The van der Waals surface area contributed by atoms with E-state index in [2.05, 4.69) is 24.1 Å². The van der Waals surface area contributed by atoms with Crippen LogP contribution in [0.4, 0.5) is 0 Å². The molecule has 5 heteroatoms. The second-order valence-corrected chi connectivity index (χ2v) is 8.12. The number of nitrogens with one attached hydrogen (secondary N) is 1. The molecule has 2 unspecified atom stereocenters. The Labute approximate surface area is 166 Å². The second kappa shape index (κ2) is 9.43. The zero-order valence-corrected chi connectivity index (χ0v) is 16.9. The van der Waals surface area contributed by atoms with Crippen molar-refractivity contribution in [3.8, 4) is 0 Å². The molecular formula is C22H29ClN2O2. The summed E-state index contributed by atoms with van der Waals surface area (Å²) in [5.74, 6) is 1.56. The van der Waals surface area contributed by atoms with Crippen LogP contribution >= 0.6 is 11.6 Å². The highest BCUT2D eigenvalue weighted by Crippen LogP contribution is 2.29. The first kappa shape index (κ1) is 20.0. The van der Waals surface area contributed by atoms with Gasteiger partial charge in [-0.05, 0) is 67.6 Å². The maximum Gasteiger partial charge on any atom is 0.220 e. The summed E-state index contributed by atoms with van der Waals surface area (Å²) >= 11 is 6.00. The Morgan fingerprint density at radius 1 is 1.19 bits per heavy atom. The van der Waals surface area contributed by atoms with Gasteiger partial charge in [-0.2, -0.15) is 0 Å². The molecule has 1 amide bonds. The van der Waals surface area contributed by atoms with Gasteiger partial charge in [-0.15, -0.1) is 0 Å². The molecule has 1 fully saturated rings. The minimum atomic E-state index is 0.0828. The third-order valence-electron chi connectivity index (χ3n) is 5.45. The molecule has 0 aliphatic carbocycles. The van der Waals surface area contributed by atoms with Crippen LogP contribution in [0.1, 0.15) is 56.4 Å². The number of rotatable bonds is 8. The van der Waals surface area contributed by atoms with Crippen molar-refractivity contribution in [1.82, 2.24) is 10.2 Å². The van der Waals surface area contributed by atoms with Gasteiger partial charge in [0.2, 0.25) is 5.91 Å². The normalized spacial score (nSPS) is 17.2. The van der Waals surface area contributed by atoms with Crippen molar-refractivity contribution in [2.45, 2.75) is 45.1 Å². The van der Waals surface area contributed by atoms with Gasteiger partial charge in [0.25, 0.3) is 0 Å². The number of carbonyl (C=O) groups excluding carboxylic acids is 1. The standard InChI is InChI=1S/C22H29ClN2O2/c1-16(2)19(17-7-9-18(23)10-8-17)14-22(26)24-15-20(21-6-5-13-27-21)25-11-3-4-12-25/h5-10,13,16,19-20H,3-4,11-12,14-15H2,1-2H3,(H,24,26). The summed E-state index contributed by atoms with van der Waals surface area (Å²) in [6, 6.07) is 11.9. The molecule has 27 heavy (non-hydrogen) atoms. The molecule has 2 heterocycles. The van der Waals surface area contributed by atoms with Gasteiger partial charge < -0.3 is 9.73 Å². The number of amides is 1. The molecule has 1 aliphatic heterocycles. The summed E-state index contributed by atoms with van der Waals surface area (Å²) < 4.78 is 5.63. The Hall–Kier alpha value is -1.78. The second-order valence-electron chi connectivity index (χ2n) is 7.68. The van der Waals surface area contributed by atoms with Crippen molar-refractivity contribution in [1.29, 1.82) is 0 Å². The van der Waals surface area contributed by atoms with E-state index in [0.29, 0.717) is 18.9 Å². The number of furan rings is 1. The first-order valence-electron chi connectivity index (χ1n) is 9.84. The Morgan fingerprint density at radius 2 is 1.89 bits per heavy atom. The molecule has 0 spiro atoms. The predicted molar refractivity (Wildman–Crippen MR) is 109 cm³/mol. The molecule has 1 aromatic carbocycles. The predicted octanol–water partition coefficient (Wildman–Crippen LogP) is 5.02. The van der Waals surface area contributed by atoms with Crippen LogP contribution in [-0.2, 0) is 4.79 Å². The van der Waals surface area contributed by atoms with E-state index in [1.807, 2.05) is 36.4 Å². The van der Waals surface area contributed by atoms with E-state index in [-0.39, 0.29) is 17.9 Å². The van der Waals surface area contributed by atoms with Crippen LogP contribution in [0, 0.1) is 5.92 Å². The molecule has 1 aromatic heterocycles. The Balaban J connectivity index is 1.61. The number of likely N-dealkylation sites (tertiary alicyclic amines) is 1. The smallest absolute Gasteiger partial charge is 0.220 e. The average Bonchev–Trinajstić information content (AvgIpc) is 3.35. The molecule has 0 radical (unpaired) electrons. The molecule has 1 saturated heterocycles. The Morgan fingerprint density at radius 3 is 2.48 bits per heavy atom. The number of carbonyl (C=O) groups is 1. The van der Waals surface area contributed by atoms with Crippen LogP contribution in [0.25, 0.3) is 0 Å². The van der Waals surface area contributed by atoms with E-state index < -0.39 is 0 Å². The van der Waals surface area contributed by atoms with Gasteiger partial charge in [-0.1, -0.05) is 37.6 Å². The van der Waals surface area contributed by atoms with Crippen molar-refractivity contribution < 1.29 is 9.21 Å². The van der Waals surface area contributed by atoms with Crippen LogP contribution in [0.15, 0.2) is 47.1 Å². The largest absolute Gasteiger partial charge is 0.468 e. The van der Waals surface area contributed by atoms with Gasteiger partial charge >= 0.3 is 0 Å². The Kier molecular flexibility index (Phi) is 6.97. The van der Waals surface area contributed by atoms with Gasteiger partial charge in [-0.3, -0.25) is 9.69 Å². The molecule has 0 saturated carbocycles. The van der Waals surface area contributed by atoms with E-state index in [1.54, 1.807) is 6.26 Å². The number of benzene rings is 1. The van der Waals surface area contributed by atoms with Crippen LogP contribution in [0.2, 0.25) is 5.02 Å². The third-order valence-corrected chi connectivity index (χ3v) is 5.71. The molecule has 4 nitrogen and oxygen atoms in total. The lowest BCUT2D eigenvalue weighted by molar-refractivity contribution is -0.122. The van der Waals surface area contributed by atoms with E-state index in [0.717, 1.165) is 29.4 Å². The highest BCUT2D eigenvalue weighted by Gasteiger charge is 2.27. The summed E-state index contributed by atoms with van der Waals surface area (Å²) in [5, 5.41) is 3.87. The number of hydrogen-bond donors (Lipinski definition) is 1. The molecule has 2 aromatic rings. The van der Waals surface area contributed by atoms with Crippen LogP contribution < -0.4 is 5.32 Å². The lowest BCUT2D eigenvalue weighted by atomic mass is 9.85. The number of nitrogens with zero attached hydrogens (tertiary/aromatic N) is 1. The first-order valence-corrected chi connectivity index (χ1v) is 10.2. The van der Waals surface area contributed by atoms with Crippen molar-refractivity contribution >= 4 is 17.5 Å². The summed E-state index contributed by atoms with van der Waals surface area (Å²) in [5.41, 5.74) is 1.16. The van der Waals surface area contributed by atoms with Gasteiger partial charge in [0.1, 0.15) is 5.76 Å². The van der Waals surface area contributed by atoms with Gasteiger partial charge in [0, 0.05) is 18.0 Å². The number of halogens is 1. The van der Waals surface area contributed by atoms with Gasteiger partial charge in [-0.25, -0.2) is 0 Å². The summed E-state index contributed by atoms with van der Waals surface area (Å²) in [6.07, 6.45) is 4.59. The highest BCUT2D eigenvalue weighted by molar-refractivity contribution is 6.30. The fourth-order valence-corrected chi connectivity index (χ4v) is 4.00. The SMILES string of the molecule is CC(C)C(CC(=O)NCC(c1ccco1)N1CCCC1)c1ccc(Cl)cc1. The quantitative estimate of drug-likeness (QED) is 0.690. The zero-order chi connectivity index (χ0) is 19.2. The summed E-state index contributed by atoms with van der Waals surface area (Å²) in [4.78, 5) is 15.1. The molecular weight excluding hydrogens is 360 g/mol. The van der Waals surface area contributed by atoms with Crippen molar-refractivity contribution in [2.75, 3.05) is 19.6 Å². The minimum Gasteiger partial charge on any atom is -0.468 e. The third kappa shape index (κ3) is 5.36. The first-order chi connectivity index (χ1) is 13.0. The van der Waals surface area contributed by atoms with E-state index >= 15 is 0 Å². The molecule has 2 atom stereocenters. The lowest BCUT2D eigenvalue weighted by Crippen LogP contribution is -2.37. The van der Waals surface area contributed by atoms with Gasteiger partial charge in [0.15, 0.2) is 0 Å². The molecule has 146 valence electrons. The summed E-state index contributed by atoms with van der Waals surface area (Å²) in [7, 11) is 0. The lowest BCUT2D eigenvalue weighted by Gasteiger charge is -2.27. The maximum atomic E-state index is 12.7. The topological polar surface area (TPSA) is 45.5 Å².